The number of carboxylic acids is 1. The van der Waals surface area contributed by atoms with E-state index in [1.165, 1.54) is 4.90 Å². The summed E-state index contributed by atoms with van der Waals surface area (Å²) >= 11 is 0. The molecule has 7 nitrogen and oxygen atoms in total. The zero-order valence-electron chi connectivity index (χ0n) is 9.88. The highest BCUT2D eigenvalue weighted by Gasteiger charge is 2.23. The van der Waals surface area contributed by atoms with E-state index in [4.69, 9.17) is 15.5 Å². The Hall–Kier alpha value is -1.81. The van der Waals surface area contributed by atoms with E-state index in [1.807, 2.05) is 6.07 Å². The molecule has 0 unspecified atom stereocenters. The van der Waals surface area contributed by atoms with Crippen LogP contribution in [0.5, 0.6) is 0 Å². The molecule has 17 heavy (non-hydrogen) atoms. The number of carbonyl (C=O) groups excluding carboxylic acids is 1. The van der Waals surface area contributed by atoms with E-state index in [1.54, 1.807) is 13.8 Å². The topological polar surface area (TPSA) is 114 Å². The average molecular weight is 243 g/mol. The van der Waals surface area contributed by atoms with Crippen LogP contribution in [0, 0.1) is 11.3 Å². The van der Waals surface area contributed by atoms with Gasteiger partial charge < -0.3 is 20.4 Å². The van der Waals surface area contributed by atoms with Crippen molar-refractivity contribution in [1.29, 1.82) is 5.26 Å². The number of hydrogen-bond acceptors (Lipinski definition) is 4. The molecule has 0 aromatic rings. The van der Waals surface area contributed by atoms with Crippen LogP contribution in [0.2, 0.25) is 0 Å². The Morgan fingerprint density at radius 2 is 2.06 bits per heavy atom. The number of aliphatic hydroxyl groups excluding tert-OH is 1. The maximum Gasteiger partial charge on any atom is 0.328 e. The van der Waals surface area contributed by atoms with Gasteiger partial charge in [-0.05, 0) is 13.8 Å². The smallest absolute Gasteiger partial charge is 0.328 e. The van der Waals surface area contributed by atoms with Gasteiger partial charge in [-0.3, -0.25) is 0 Å². The Balaban J connectivity index is 4.51. The van der Waals surface area contributed by atoms with Crippen LogP contribution in [0.1, 0.15) is 20.3 Å². The number of nitrogens with one attached hydrogen (secondary N) is 1. The second-order valence-electron chi connectivity index (χ2n) is 3.72. The average Bonchev–Trinajstić information content (AvgIpc) is 2.25. The van der Waals surface area contributed by atoms with Crippen molar-refractivity contribution in [3.8, 4) is 6.07 Å². The molecule has 0 radical (unpaired) electrons. The van der Waals surface area contributed by atoms with Gasteiger partial charge in [0.1, 0.15) is 0 Å². The van der Waals surface area contributed by atoms with Crippen LogP contribution in [0.3, 0.4) is 0 Å². The third-order valence-electron chi connectivity index (χ3n) is 2.13. The normalized spacial score (nSPS) is 11.7. The molecule has 0 fully saturated rings. The molecule has 0 aliphatic rings. The van der Waals surface area contributed by atoms with Crippen molar-refractivity contribution in [3.05, 3.63) is 0 Å². The van der Waals surface area contributed by atoms with Gasteiger partial charge in [0.25, 0.3) is 0 Å². The number of hydrogen-bond donors (Lipinski definition) is 3. The highest BCUT2D eigenvalue weighted by molar-refractivity contribution is 5.82. The first-order valence-corrected chi connectivity index (χ1v) is 5.21. The Morgan fingerprint density at radius 1 is 1.47 bits per heavy atom. The summed E-state index contributed by atoms with van der Waals surface area (Å²) in [5.74, 6) is -1.30. The van der Waals surface area contributed by atoms with Gasteiger partial charge in [0.15, 0.2) is 6.04 Å². The van der Waals surface area contributed by atoms with Crippen LogP contribution >= 0.6 is 0 Å². The lowest BCUT2D eigenvalue weighted by molar-refractivity contribution is -0.140. The summed E-state index contributed by atoms with van der Waals surface area (Å²) in [6.07, 6.45) is 0.169. The molecule has 7 heteroatoms. The first-order valence-electron chi connectivity index (χ1n) is 5.21. The fourth-order valence-electron chi connectivity index (χ4n) is 1.18. The Bertz CT molecular complexity index is 311. The minimum Gasteiger partial charge on any atom is -0.480 e. The van der Waals surface area contributed by atoms with Crippen molar-refractivity contribution in [2.24, 2.45) is 0 Å². The zero-order chi connectivity index (χ0) is 13.4. The highest BCUT2D eigenvalue weighted by Crippen LogP contribution is 2.01. The van der Waals surface area contributed by atoms with Crippen LogP contribution < -0.4 is 5.32 Å². The number of nitriles is 1. The number of aliphatic hydroxyl groups is 1. The standard InChI is InChI=1S/C10H17N3O4/c1-7(2)13(5-3-4-11)10(17)12-8(6-14)9(15)16/h7-8,14H,3,5-6H2,1-2H3,(H,12,17)(H,15,16)/t8-/m1/s1. The van der Waals surface area contributed by atoms with Crippen molar-refractivity contribution < 1.29 is 19.8 Å². The van der Waals surface area contributed by atoms with Crippen LogP contribution in [0.25, 0.3) is 0 Å². The number of urea groups is 1. The predicted molar refractivity (Wildman–Crippen MR) is 59.1 cm³/mol. The molecule has 0 aliphatic carbocycles. The number of nitrogens with zero attached hydrogens (tertiary/aromatic N) is 2. The molecule has 96 valence electrons. The molecule has 0 saturated carbocycles. The first-order chi connectivity index (χ1) is 7.93. The Labute approximate surface area is 99.6 Å². The lowest BCUT2D eigenvalue weighted by Crippen LogP contribution is -2.51. The summed E-state index contributed by atoms with van der Waals surface area (Å²) in [6, 6.07) is -0.174. The van der Waals surface area contributed by atoms with Crippen molar-refractivity contribution in [2.75, 3.05) is 13.2 Å². The van der Waals surface area contributed by atoms with Crippen molar-refractivity contribution in [3.63, 3.8) is 0 Å². The van der Waals surface area contributed by atoms with Crippen LogP contribution in [-0.4, -0.2) is 52.3 Å². The summed E-state index contributed by atoms with van der Waals surface area (Å²) in [6.45, 7) is 3.06. The molecule has 0 saturated heterocycles. The van der Waals surface area contributed by atoms with E-state index in [9.17, 15) is 9.59 Å². The molecule has 0 bridgehead atoms. The number of carbonyl (C=O) groups is 2. The maximum absolute atomic E-state index is 11.7. The van der Waals surface area contributed by atoms with E-state index >= 15 is 0 Å². The molecule has 0 spiro atoms. The lowest BCUT2D eigenvalue weighted by atomic mass is 10.3. The summed E-state index contributed by atoms with van der Waals surface area (Å²) in [7, 11) is 0. The molecule has 0 aromatic heterocycles. The molecular weight excluding hydrogens is 226 g/mol. The van der Waals surface area contributed by atoms with Gasteiger partial charge in [-0.15, -0.1) is 0 Å². The highest BCUT2D eigenvalue weighted by atomic mass is 16.4. The van der Waals surface area contributed by atoms with Gasteiger partial charge in [-0.1, -0.05) is 0 Å². The predicted octanol–water partition coefficient (Wildman–Crippen LogP) is -0.234. The van der Waals surface area contributed by atoms with Gasteiger partial charge in [-0.2, -0.15) is 5.26 Å². The van der Waals surface area contributed by atoms with Gasteiger partial charge in [0.2, 0.25) is 0 Å². The first kappa shape index (κ1) is 15.2. The second kappa shape index (κ2) is 7.46. The van der Waals surface area contributed by atoms with Crippen molar-refractivity contribution >= 4 is 12.0 Å². The SMILES string of the molecule is CC(C)N(CCC#N)C(=O)N[C@H](CO)C(=O)O. The summed E-state index contributed by atoms with van der Waals surface area (Å²) in [5.41, 5.74) is 0. The number of rotatable bonds is 6. The van der Waals surface area contributed by atoms with Crippen LogP contribution in [-0.2, 0) is 4.79 Å². The number of aliphatic carboxylic acids is 1. The molecule has 3 N–H and O–H groups in total. The van der Waals surface area contributed by atoms with E-state index < -0.39 is 24.6 Å². The van der Waals surface area contributed by atoms with Crippen molar-refractivity contribution in [1.82, 2.24) is 10.2 Å². The fraction of sp³-hybridized carbons (Fsp3) is 0.700. The fourth-order valence-corrected chi connectivity index (χ4v) is 1.18. The summed E-state index contributed by atoms with van der Waals surface area (Å²) in [4.78, 5) is 23.7. The quantitative estimate of drug-likeness (QED) is 0.596. The molecule has 0 aliphatic heterocycles. The molecule has 0 heterocycles. The Kier molecular flexibility index (Phi) is 6.67. The summed E-state index contributed by atoms with van der Waals surface area (Å²) < 4.78 is 0. The number of carboxylic acid groups (broad SMARTS) is 1. The lowest BCUT2D eigenvalue weighted by Gasteiger charge is -2.27. The zero-order valence-corrected chi connectivity index (χ0v) is 9.88. The van der Waals surface area contributed by atoms with Crippen LogP contribution in [0.4, 0.5) is 4.79 Å². The van der Waals surface area contributed by atoms with Gasteiger partial charge >= 0.3 is 12.0 Å². The summed E-state index contributed by atoms with van der Waals surface area (Å²) in [5, 5.41) is 28.1. The van der Waals surface area contributed by atoms with E-state index in [0.29, 0.717) is 0 Å². The van der Waals surface area contributed by atoms with E-state index in [2.05, 4.69) is 5.32 Å². The minimum absolute atomic E-state index is 0.156. The Morgan fingerprint density at radius 3 is 2.41 bits per heavy atom. The number of amides is 2. The molecule has 1 atom stereocenters. The van der Waals surface area contributed by atoms with E-state index in [0.717, 1.165) is 0 Å². The third-order valence-corrected chi connectivity index (χ3v) is 2.13. The van der Waals surface area contributed by atoms with Gasteiger partial charge in [0.05, 0.1) is 19.1 Å². The van der Waals surface area contributed by atoms with Gasteiger partial charge in [-0.25, -0.2) is 9.59 Å². The third kappa shape index (κ3) is 5.17. The molecule has 0 rings (SSSR count). The second-order valence-corrected chi connectivity index (χ2v) is 3.72. The minimum atomic E-state index is -1.33. The molecule has 2 amide bonds. The van der Waals surface area contributed by atoms with Gasteiger partial charge in [0, 0.05) is 12.6 Å². The maximum atomic E-state index is 11.7. The molecular formula is C10H17N3O4. The van der Waals surface area contributed by atoms with Crippen molar-refractivity contribution in [2.45, 2.75) is 32.4 Å². The van der Waals surface area contributed by atoms with Crippen LogP contribution in [0.15, 0.2) is 0 Å². The monoisotopic (exact) mass is 243 g/mol. The molecule has 0 aromatic carbocycles. The largest absolute Gasteiger partial charge is 0.480 e. The van der Waals surface area contributed by atoms with E-state index in [-0.39, 0.29) is 19.0 Å².